The number of aromatic nitrogens is 2. The summed E-state index contributed by atoms with van der Waals surface area (Å²) in [5.41, 5.74) is 8.24. The Morgan fingerprint density at radius 2 is 1.75 bits per heavy atom. The fourth-order valence-electron chi connectivity index (χ4n) is 5.37. The van der Waals surface area contributed by atoms with Crippen molar-refractivity contribution in [2.45, 2.75) is 25.9 Å². The quantitative estimate of drug-likeness (QED) is 0.286. The molecule has 1 saturated heterocycles. The van der Waals surface area contributed by atoms with Gasteiger partial charge in [-0.2, -0.15) is 0 Å². The molecule has 9 heteroatoms. The third kappa shape index (κ3) is 5.30. The first-order valence-electron chi connectivity index (χ1n) is 13.1. The molecule has 0 spiro atoms. The maximum absolute atomic E-state index is 12.0. The second-order valence-electron chi connectivity index (χ2n) is 10.1. The number of pyridine rings is 1. The Bertz CT molecular complexity index is 1500. The topological polar surface area (TPSA) is 74.7 Å². The highest BCUT2D eigenvalue weighted by molar-refractivity contribution is 7.80. The second kappa shape index (κ2) is 11.5. The van der Waals surface area contributed by atoms with Crippen molar-refractivity contribution in [1.82, 2.24) is 14.9 Å². The number of aryl methyl sites for hydroxylation is 1. The smallest absolute Gasteiger partial charge is 0.250 e. The molecule has 5 rings (SSSR count). The summed E-state index contributed by atoms with van der Waals surface area (Å²) in [5, 5.41) is 7.01. The molecule has 3 heterocycles. The summed E-state index contributed by atoms with van der Waals surface area (Å²) in [5.74, 6) is -0.201. The Morgan fingerprint density at radius 1 is 1.05 bits per heavy atom. The SMILES string of the molecule is COCC(=O)Nc1ccc(N2C(=S)N[C@H](c3ccccn3)[C@H]2c2cc(C)n(-c3ccc(N(C)C)cc3)c2C)cc1. The van der Waals surface area contributed by atoms with Crippen LogP contribution in [0.15, 0.2) is 79.0 Å². The standard InChI is InChI=1S/C31H34N6O2S/c1-20-18-26(21(2)36(20)24-15-13-23(14-16-24)35(3)4)30-29(27-8-6-7-17-32-27)34-31(40)37(30)25-11-9-22(10-12-25)33-28(38)19-39-5/h6-18,29-30H,19H2,1-5H3,(H,33,38)(H,34,40)/t29-,30-/m1/s1. The van der Waals surface area contributed by atoms with Crippen molar-refractivity contribution < 1.29 is 9.53 Å². The predicted molar refractivity (Wildman–Crippen MR) is 164 cm³/mol. The van der Waals surface area contributed by atoms with E-state index in [0.29, 0.717) is 10.8 Å². The summed E-state index contributed by atoms with van der Waals surface area (Å²) >= 11 is 5.92. The highest BCUT2D eigenvalue weighted by Gasteiger charge is 2.42. The van der Waals surface area contributed by atoms with Gasteiger partial charge in [0.15, 0.2) is 5.11 Å². The van der Waals surface area contributed by atoms with Crippen molar-refractivity contribution >= 4 is 40.3 Å². The first-order chi connectivity index (χ1) is 19.3. The Balaban J connectivity index is 1.56. The van der Waals surface area contributed by atoms with Crippen LogP contribution in [-0.4, -0.2) is 48.4 Å². The largest absolute Gasteiger partial charge is 0.378 e. The van der Waals surface area contributed by atoms with Crippen molar-refractivity contribution in [2.24, 2.45) is 0 Å². The number of ether oxygens (including phenoxy) is 1. The van der Waals surface area contributed by atoms with Crippen molar-refractivity contribution in [1.29, 1.82) is 0 Å². The van der Waals surface area contributed by atoms with Crippen LogP contribution in [0.4, 0.5) is 17.1 Å². The van der Waals surface area contributed by atoms with Gasteiger partial charge in [-0.15, -0.1) is 0 Å². The lowest BCUT2D eigenvalue weighted by Crippen LogP contribution is -2.29. The average Bonchev–Trinajstić information content (AvgIpc) is 3.44. The number of methoxy groups -OCH3 is 1. The molecule has 0 saturated carbocycles. The summed E-state index contributed by atoms with van der Waals surface area (Å²) in [6, 6.07) is 24.2. The molecule has 0 aliphatic carbocycles. The van der Waals surface area contributed by atoms with Gasteiger partial charge in [0.2, 0.25) is 5.91 Å². The Kier molecular flexibility index (Phi) is 7.86. The van der Waals surface area contributed by atoms with Crippen molar-refractivity contribution in [3.8, 4) is 5.69 Å². The number of nitrogens with zero attached hydrogens (tertiary/aromatic N) is 4. The fourth-order valence-corrected chi connectivity index (χ4v) is 5.71. The molecular formula is C31H34N6O2S. The maximum Gasteiger partial charge on any atom is 0.250 e. The van der Waals surface area contributed by atoms with Crippen molar-refractivity contribution in [3.63, 3.8) is 0 Å². The zero-order chi connectivity index (χ0) is 28.4. The normalized spacial score (nSPS) is 16.6. The molecule has 206 valence electrons. The van der Waals surface area contributed by atoms with E-state index < -0.39 is 0 Å². The lowest BCUT2D eigenvalue weighted by Gasteiger charge is -2.28. The number of rotatable bonds is 8. The highest BCUT2D eigenvalue weighted by Crippen LogP contribution is 2.44. The van der Waals surface area contributed by atoms with Crippen molar-refractivity contribution in [3.05, 3.63) is 102 Å². The van der Waals surface area contributed by atoms with E-state index in [9.17, 15) is 4.79 Å². The predicted octanol–water partition coefficient (Wildman–Crippen LogP) is 5.32. The van der Waals surface area contributed by atoms with Gasteiger partial charge in [-0.05, 0) is 98.4 Å². The highest BCUT2D eigenvalue weighted by atomic mass is 32.1. The van der Waals surface area contributed by atoms with Gasteiger partial charge in [0, 0.05) is 61.5 Å². The van der Waals surface area contributed by atoms with E-state index in [0.717, 1.165) is 39.7 Å². The summed E-state index contributed by atoms with van der Waals surface area (Å²) in [4.78, 5) is 20.9. The minimum Gasteiger partial charge on any atom is -0.378 e. The molecule has 0 radical (unpaired) electrons. The number of thiocarbonyl (C=S) groups is 1. The Morgan fingerprint density at radius 3 is 2.38 bits per heavy atom. The molecule has 40 heavy (non-hydrogen) atoms. The molecule has 2 aromatic carbocycles. The zero-order valence-electron chi connectivity index (χ0n) is 23.4. The number of carbonyl (C=O) groups is 1. The van der Waals surface area contributed by atoms with Crippen molar-refractivity contribution in [2.75, 3.05) is 42.9 Å². The number of anilines is 3. The van der Waals surface area contributed by atoms with Crippen LogP contribution in [0, 0.1) is 13.8 Å². The Labute approximate surface area is 240 Å². The maximum atomic E-state index is 12.0. The van der Waals surface area contributed by atoms with Gasteiger partial charge in [-0.3, -0.25) is 9.78 Å². The Hall–Kier alpha value is -4.21. The molecule has 0 bridgehead atoms. The van der Waals surface area contributed by atoms with Gasteiger partial charge in [-0.25, -0.2) is 0 Å². The third-order valence-electron chi connectivity index (χ3n) is 7.22. The van der Waals surface area contributed by atoms with Gasteiger partial charge in [-0.1, -0.05) is 6.07 Å². The van der Waals surface area contributed by atoms with Crippen LogP contribution in [0.5, 0.6) is 0 Å². The molecule has 2 aromatic heterocycles. The third-order valence-corrected chi connectivity index (χ3v) is 7.53. The van der Waals surface area contributed by atoms with E-state index >= 15 is 0 Å². The van der Waals surface area contributed by atoms with E-state index in [4.69, 9.17) is 17.0 Å². The van der Waals surface area contributed by atoms with Gasteiger partial charge in [0.1, 0.15) is 6.61 Å². The van der Waals surface area contributed by atoms with Gasteiger partial charge < -0.3 is 29.7 Å². The molecule has 1 amide bonds. The van der Waals surface area contributed by atoms with Crippen LogP contribution in [0.1, 0.15) is 34.7 Å². The van der Waals surface area contributed by atoms with Crippen LogP contribution in [0.2, 0.25) is 0 Å². The average molecular weight is 555 g/mol. The molecule has 4 aromatic rings. The van der Waals surface area contributed by atoms with Crippen LogP contribution >= 0.6 is 12.2 Å². The second-order valence-corrected chi connectivity index (χ2v) is 10.5. The lowest BCUT2D eigenvalue weighted by atomic mass is 9.96. The van der Waals surface area contributed by atoms with Gasteiger partial charge in [0.25, 0.3) is 0 Å². The van der Waals surface area contributed by atoms with Crippen LogP contribution in [0.25, 0.3) is 5.69 Å². The number of nitrogens with one attached hydrogen (secondary N) is 2. The molecule has 2 N–H and O–H groups in total. The van der Waals surface area contributed by atoms with Gasteiger partial charge >= 0.3 is 0 Å². The zero-order valence-corrected chi connectivity index (χ0v) is 24.2. The lowest BCUT2D eigenvalue weighted by molar-refractivity contribution is -0.119. The molecule has 0 unspecified atom stereocenters. The van der Waals surface area contributed by atoms with Crippen LogP contribution < -0.4 is 20.4 Å². The monoisotopic (exact) mass is 554 g/mol. The number of benzene rings is 2. The van der Waals surface area contributed by atoms with Crippen LogP contribution in [0.3, 0.4) is 0 Å². The van der Waals surface area contributed by atoms with E-state index in [2.05, 4.69) is 74.2 Å². The summed E-state index contributed by atoms with van der Waals surface area (Å²) in [6.07, 6.45) is 1.81. The molecule has 1 aliphatic heterocycles. The number of carbonyl (C=O) groups excluding carboxylic acids is 1. The van der Waals surface area contributed by atoms with E-state index in [1.54, 1.807) is 0 Å². The van der Waals surface area contributed by atoms with E-state index in [-0.39, 0.29) is 24.6 Å². The molecular weight excluding hydrogens is 520 g/mol. The fraction of sp³-hybridized carbons (Fsp3) is 0.258. The molecule has 1 fully saturated rings. The molecule has 1 aliphatic rings. The number of hydrogen-bond acceptors (Lipinski definition) is 5. The van der Waals surface area contributed by atoms with E-state index in [1.807, 2.05) is 62.8 Å². The first-order valence-corrected chi connectivity index (χ1v) is 13.6. The summed E-state index contributed by atoms with van der Waals surface area (Å²) < 4.78 is 7.22. The van der Waals surface area contributed by atoms with Gasteiger partial charge in [0.05, 0.1) is 17.8 Å². The number of amides is 1. The van der Waals surface area contributed by atoms with E-state index in [1.165, 1.54) is 7.11 Å². The molecule has 8 nitrogen and oxygen atoms in total. The minimum atomic E-state index is -0.201. The summed E-state index contributed by atoms with van der Waals surface area (Å²) in [6.45, 7) is 4.30. The van der Waals surface area contributed by atoms with Crippen LogP contribution in [-0.2, 0) is 9.53 Å². The number of hydrogen-bond donors (Lipinski definition) is 2. The summed E-state index contributed by atoms with van der Waals surface area (Å²) in [7, 11) is 5.58. The first kappa shape index (κ1) is 27.4. The minimum absolute atomic E-state index is 0.00318. The molecule has 2 atom stereocenters.